The molecule has 1 aromatic carbocycles. The maximum absolute atomic E-state index is 12.9. The van der Waals surface area contributed by atoms with Crippen LogP contribution in [-0.2, 0) is 17.6 Å². The smallest absolute Gasteiger partial charge is 0.243 e. The molecule has 7 heteroatoms. The number of nitrogens with zero attached hydrogens (tertiary/aromatic N) is 4. The Balaban J connectivity index is 1.52. The minimum atomic E-state index is -0.286. The summed E-state index contributed by atoms with van der Waals surface area (Å²) in [5, 5.41) is 3.94. The minimum Gasteiger partial charge on any atom is -0.340 e. The van der Waals surface area contributed by atoms with Gasteiger partial charge in [-0.2, -0.15) is 4.98 Å². The average molecular weight is 346 g/mol. The second-order valence-corrected chi connectivity index (χ2v) is 6.30. The van der Waals surface area contributed by atoms with Crippen LogP contribution in [0.1, 0.15) is 37.2 Å². The first kappa shape index (κ1) is 17.5. The zero-order valence-electron chi connectivity index (χ0n) is 14.6. The van der Waals surface area contributed by atoms with Crippen LogP contribution >= 0.6 is 0 Å². The Hall–Kier alpha value is -2.28. The van der Waals surface area contributed by atoms with Crippen molar-refractivity contribution in [2.45, 2.75) is 32.7 Å². The molecule has 1 fully saturated rings. The van der Waals surface area contributed by atoms with E-state index in [9.17, 15) is 9.18 Å². The topological polar surface area (TPSA) is 62.5 Å². The number of amides is 1. The fourth-order valence-corrected chi connectivity index (χ4v) is 2.98. The van der Waals surface area contributed by atoms with Crippen molar-refractivity contribution in [2.75, 3.05) is 26.2 Å². The fourth-order valence-electron chi connectivity index (χ4n) is 2.98. The van der Waals surface area contributed by atoms with Crippen LogP contribution in [0.3, 0.4) is 0 Å². The van der Waals surface area contributed by atoms with Crippen molar-refractivity contribution >= 4 is 5.91 Å². The van der Waals surface area contributed by atoms with E-state index in [1.54, 1.807) is 12.1 Å². The van der Waals surface area contributed by atoms with Crippen LogP contribution in [0.4, 0.5) is 4.39 Å². The van der Waals surface area contributed by atoms with Gasteiger partial charge < -0.3 is 9.42 Å². The summed E-state index contributed by atoms with van der Waals surface area (Å²) in [6.45, 7) is 6.90. The zero-order chi connectivity index (χ0) is 17.8. The van der Waals surface area contributed by atoms with Crippen molar-refractivity contribution in [3.8, 4) is 0 Å². The van der Waals surface area contributed by atoms with Gasteiger partial charge in [0.15, 0.2) is 5.82 Å². The first-order valence-electron chi connectivity index (χ1n) is 8.65. The van der Waals surface area contributed by atoms with E-state index in [0.717, 1.165) is 30.9 Å². The lowest BCUT2D eigenvalue weighted by atomic mass is 10.1. The number of rotatable bonds is 5. The highest BCUT2D eigenvalue weighted by Gasteiger charge is 2.27. The standard InChI is InChI=1S/C18H23FN4O2/c1-3-16-20-18(25-21-16)13(2)22-8-10-23(11-9-22)17(24)12-14-4-6-15(19)7-5-14/h4-7,13H,3,8-12H2,1-2H3/t13-/m1/s1. The maximum Gasteiger partial charge on any atom is 0.243 e. The molecule has 0 radical (unpaired) electrons. The predicted molar refractivity (Wildman–Crippen MR) is 90.3 cm³/mol. The van der Waals surface area contributed by atoms with Crippen molar-refractivity contribution < 1.29 is 13.7 Å². The van der Waals surface area contributed by atoms with E-state index in [1.165, 1.54) is 12.1 Å². The number of halogens is 1. The predicted octanol–water partition coefficient (Wildman–Crippen LogP) is 2.22. The van der Waals surface area contributed by atoms with E-state index in [2.05, 4.69) is 15.0 Å². The van der Waals surface area contributed by atoms with Crippen molar-refractivity contribution in [1.29, 1.82) is 0 Å². The van der Waals surface area contributed by atoms with Gasteiger partial charge in [0.1, 0.15) is 5.82 Å². The molecule has 0 spiro atoms. The Morgan fingerprint density at radius 2 is 1.92 bits per heavy atom. The Labute approximate surface area is 146 Å². The molecule has 25 heavy (non-hydrogen) atoms. The van der Waals surface area contributed by atoms with Crippen LogP contribution in [0.15, 0.2) is 28.8 Å². The third-order valence-corrected chi connectivity index (χ3v) is 4.64. The Morgan fingerprint density at radius 3 is 2.52 bits per heavy atom. The van der Waals surface area contributed by atoms with Gasteiger partial charge in [-0.15, -0.1) is 0 Å². The lowest BCUT2D eigenvalue weighted by Gasteiger charge is -2.36. The second kappa shape index (κ2) is 7.74. The summed E-state index contributed by atoms with van der Waals surface area (Å²) in [5.74, 6) is 1.13. The molecule has 1 amide bonds. The molecule has 0 aliphatic carbocycles. The van der Waals surface area contributed by atoms with Gasteiger partial charge in [0, 0.05) is 32.6 Å². The van der Waals surface area contributed by atoms with Crippen molar-refractivity contribution in [3.05, 3.63) is 47.4 Å². The Morgan fingerprint density at radius 1 is 1.24 bits per heavy atom. The molecule has 1 aromatic heterocycles. The van der Waals surface area contributed by atoms with Gasteiger partial charge in [0.05, 0.1) is 12.5 Å². The Bertz CT molecular complexity index is 708. The molecular formula is C18H23FN4O2. The van der Waals surface area contributed by atoms with Crippen LogP contribution in [0.25, 0.3) is 0 Å². The summed E-state index contributed by atoms with van der Waals surface area (Å²) in [6.07, 6.45) is 1.06. The molecule has 0 unspecified atom stereocenters. The van der Waals surface area contributed by atoms with Crippen LogP contribution < -0.4 is 0 Å². The lowest BCUT2D eigenvalue weighted by Crippen LogP contribution is -2.49. The van der Waals surface area contributed by atoms with Gasteiger partial charge in [-0.1, -0.05) is 24.2 Å². The van der Waals surface area contributed by atoms with Crippen LogP contribution in [0.5, 0.6) is 0 Å². The van der Waals surface area contributed by atoms with Crippen LogP contribution in [0.2, 0.25) is 0 Å². The molecule has 6 nitrogen and oxygen atoms in total. The van der Waals surface area contributed by atoms with Crippen LogP contribution in [-0.4, -0.2) is 52.0 Å². The number of carbonyl (C=O) groups is 1. The highest BCUT2D eigenvalue weighted by Crippen LogP contribution is 2.20. The highest BCUT2D eigenvalue weighted by atomic mass is 19.1. The number of aryl methyl sites for hydroxylation is 1. The summed E-state index contributed by atoms with van der Waals surface area (Å²) in [7, 11) is 0. The summed E-state index contributed by atoms with van der Waals surface area (Å²) in [5.41, 5.74) is 0.833. The molecule has 0 N–H and O–H groups in total. The number of hydrogen-bond donors (Lipinski definition) is 0. The number of piperazine rings is 1. The monoisotopic (exact) mass is 346 g/mol. The summed E-state index contributed by atoms with van der Waals surface area (Å²) in [4.78, 5) is 20.9. The molecule has 1 atom stereocenters. The van der Waals surface area contributed by atoms with E-state index in [1.807, 2.05) is 18.7 Å². The van der Waals surface area contributed by atoms with Crippen molar-refractivity contribution in [1.82, 2.24) is 19.9 Å². The van der Waals surface area contributed by atoms with Gasteiger partial charge in [0.2, 0.25) is 11.8 Å². The van der Waals surface area contributed by atoms with E-state index in [0.29, 0.717) is 25.4 Å². The number of hydrogen-bond acceptors (Lipinski definition) is 5. The zero-order valence-corrected chi connectivity index (χ0v) is 14.6. The summed E-state index contributed by atoms with van der Waals surface area (Å²) < 4.78 is 18.3. The lowest BCUT2D eigenvalue weighted by molar-refractivity contribution is -0.132. The van der Waals surface area contributed by atoms with Crippen molar-refractivity contribution in [3.63, 3.8) is 0 Å². The number of aromatic nitrogens is 2. The number of benzene rings is 1. The number of carbonyl (C=O) groups excluding carboxylic acids is 1. The summed E-state index contributed by atoms with van der Waals surface area (Å²) in [6, 6.07) is 6.13. The maximum atomic E-state index is 12.9. The van der Waals surface area contributed by atoms with Gasteiger partial charge >= 0.3 is 0 Å². The van der Waals surface area contributed by atoms with Crippen molar-refractivity contribution in [2.24, 2.45) is 0 Å². The van der Waals surface area contributed by atoms with E-state index >= 15 is 0 Å². The van der Waals surface area contributed by atoms with E-state index in [4.69, 9.17) is 4.52 Å². The minimum absolute atomic E-state index is 0.0437. The third kappa shape index (κ3) is 4.22. The molecular weight excluding hydrogens is 323 g/mol. The fraction of sp³-hybridized carbons (Fsp3) is 0.500. The van der Waals surface area contributed by atoms with Gasteiger partial charge in [-0.05, 0) is 24.6 Å². The van der Waals surface area contributed by atoms with Gasteiger partial charge in [-0.25, -0.2) is 4.39 Å². The van der Waals surface area contributed by atoms with Crippen LogP contribution in [0, 0.1) is 5.82 Å². The van der Waals surface area contributed by atoms with Gasteiger partial charge in [0.25, 0.3) is 0 Å². The second-order valence-electron chi connectivity index (χ2n) is 6.30. The molecule has 2 aromatic rings. The summed E-state index contributed by atoms with van der Waals surface area (Å²) >= 11 is 0. The Kier molecular flexibility index (Phi) is 5.43. The molecule has 0 saturated carbocycles. The van der Waals surface area contributed by atoms with E-state index < -0.39 is 0 Å². The van der Waals surface area contributed by atoms with E-state index in [-0.39, 0.29) is 17.8 Å². The molecule has 2 heterocycles. The molecule has 1 aliphatic rings. The quantitative estimate of drug-likeness (QED) is 0.831. The first-order valence-corrected chi connectivity index (χ1v) is 8.65. The molecule has 1 aliphatic heterocycles. The average Bonchev–Trinajstić information content (AvgIpc) is 3.12. The molecule has 0 bridgehead atoms. The van der Waals surface area contributed by atoms with Gasteiger partial charge in [-0.3, -0.25) is 9.69 Å². The third-order valence-electron chi connectivity index (χ3n) is 4.64. The molecule has 1 saturated heterocycles. The largest absolute Gasteiger partial charge is 0.340 e. The first-order chi connectivity index (χ1) is 12.1. The molecule has 134 valence electrons. The molecule has 3 rings (SSSR count). The highest BCUT2D eigenvalue weighted by molar-refractivity contribution is 5.78. The normalized spacial score (nSPS) is 16.8. The SMILES string of the molecule is CCc1noc([C@@H](C)N2CCN(C(=O)Cc3ccc(F)cc3)CC2)n1.